The molecule has 0 bridgehead atoms. The van der Waals surface area contributed by atoms with E-state index in [9.17, 15) is 9.90 Å². The van der Waals surface area contributed by atoms with Gasteiger partial charge in [0.15, 0.2) is 0 Å². The summed E-state index contributed by atoms with van der Waals surface area (Å²) in [4.78, 5) is 13.0. The second-order valence-electron chi connectivity index (χ2n) is 4.42. The molecule has 114 valence electrons. The van der Waals surface area contributed by atoms with E-state index in [1.54, 1.807) is 18.2 Å². The Morgan fingerprint density at radius 1 is 1.48 bits per heavy atom. The molecule has 0 aliphatic rings. The molecule has 0 fully saturated rings. The maximum atomic E-state index is 11.2. The van der Waals surface area contributed by atoms with Gasteiger partial charge in [0.2, 0.25) is 5.91 Å². The van der Waals surface area contributed by atoms with Crippen LogP contribution in [0.4, 0.5) is 11.4 Å². The van der Waals surface area contributed by atoms with Gasteiger partial charge in [0.25, 0.3) is 0 Å². The second kappa shape index (κ2) is 8.82. The maximum absolute atomic E-state index is 11.2. The molecule has 0 atom stereocenters. The first-order valence-corrected chi connectivity index (χ1v) is 6.89. The first-order valence-electron chi connectivity index (χ1n) is 6.89. The molecule has 1 aromatic rings. The van der Waals surface area contributed by atoms with Crippen molar-refractivity contribution >= 4 is 17.3 Å². The van der Waals surface area contributed by atoms with Crippen LogP contribution in [0.15, 0.2) is 18.2 Å². The topological polar surface area (TPSA) is 85.6 Å². The molecule has 6 nitrogen and oxygen atoms in total. The summed E-state index contributed by atoms with van der Waals surface area (Å²) < 4.78 is 5.59. The van der Waals surface area contributed by atoms with E-state index in [0.29, 0.717) is 37.6 Å². The number of amides is 1. The van der Waals surface area contributed by atoms with Gasteiger partial charge in [0.05, 0.1) is 31.4 Å². The lowest BCUT2D eigenvalue weighted by molar-refractivity contribution is -0.114. The lowest BCUT2D eigenvalue weighted by atomic mass is 10.2. The van der Waals surface area contributed by atoms with Gasteiger partial charge in [0.1, 0.15) is 5.75 Å². The normalized spacial score (nSPS) is 9.81. The Labute approximate surface area is 124 Å². The highest BCUT2D eigenvalue weighted by Crippen LogP contribution is 2.31. The van der Waals surface area contributed by atoms with E-state index in [1.165, 1.54) is 6.92 Å². The largest absolute Gasteiger partial charge is 0.492 e. The van der Waals surface area contributed by atoms with Crippen molar-refractivity contribution in [1.82, 2.24) is 0 Å². The number of hydrogen-bond donors (Lipinski definition) is 2. The third-order valence-electron chi connectivity index (χ3n) is 2.78. The number of rotatable bonds is 8. The highest BCUT2D eigenvalue weighted by molar-refractivity contribution is 5.89. The van der Waals surface area contributed by atoms with E-state index in [2.05, 4.69) is 11.4 Å². The van der Waals surface area contributed by atoms with Crippen molar-refractivity contribution < 1.29 is 14.6 Å². The van der Waals surface area contributed by atoms with Crippen LogP contribution < -0.4 is 15.0 Å². The number of nitrogens with zero attached hydrogens (tertiary/aromatic N) is 2. The number of carbonyl (C=O) groups excluding carboxylic acids is 1. The molecule has 0 saturated carbocycles. The quantitative estimate of drug-likeness (QED) is 0.762. The summed E-state index contributed by atoms with van der Waals surface area (Å²) in [5.74, 6) is 0.508. The summed E-state index contributed by atoms with van der Waals surface area (Å²) in [7, 11) is 0. The van der Waals surface area contributed by atoms with Crippen LogP contribution in [-0.2, 0) is 4.79 Å². The minimum Gasteiger partial charge on any atom is -0.492 e. The fraction of sp³-hybridized carbons (Fsp3) is 0.467. The summed E-state index contributed by atoms with van der Waals surface area (Å²) >= 11 is 0. The SMILES string of the molecule is CCOc1ccc(NC(C)=O)cc1N(CCO)CCC#N. The molecule has 1 rings (SSSR count). The molecule has 0 spiro atoms. The highest BCUT2D eigenvalue weighted by Gasteiger charge is 2.13. The number of benzene rings is 1. The average Bonchev–Trinajstić information content (AvgIpc) is 2.45. The van der Waals surface area contributed by atoms with Gasteiger partial charge in [-0.05, 0) is 25.1 Å². The predicted octanol–water partition coefficient (Wildman–Crippen LogP) is 1.76. The van der Waals surface area contributed by atoms with Crippen molar-refractivity contribution in [3.8, 4) is 11.8 Å². The summed E-state index contributed by atoms with van der Waals surface area (Å²) in [6.07, 6.45) is 0.343. The predicted molar refractivity (Wildman–Crippen MR) is 81.4 cm³/mol. The first kappa shape index (κ1) is 16.8. The summed E-state index contributed by atoms with van der Waals surface area (Å²) in [6, 6.07) is 7.42. The summed E-state index contributed by atoms with van der Waals surface area (Å²) in [5.41, 5.74) is 1.41. The van der Waals surface area contributed by atoms with E-state index in [-0.39, 0.29) is 12.5 Å². The van der Waals surface area contributed by atoms with Crippen molar-refractivity contribution in [3.05, 3.63) is 18.2 Å². The molecule has 0 aliphatic carbocycles. The van der Waals surface area contributed by atoms with E-state index in [4.69, 9.17) is 10.00 Å². The van der Waals surface area contributed by atoms with Gasteiger partial charge >= 0.3 is 0 Å². The molecule has 0 aromatic heterocycles. The lowest BCUT2D eigenvalue weighted by Crippen LogP contribution is -2.28. The fourth-order valence-corrected chi connectivity index (χ4v) is 1.98. The number of ether oxygens (including phenoxy) is 1. The van der Waals surface area contributed by atoms with Gasteiger partial charge in [-0.15, -0.1) is 0 Å². The zero-order chi connectivity index (χ0) is 15.7. The molecule has 0 heterocycles. The molecular weight excluding hydrogens is 270 g/mol. The van der Waals surface area contributed by atoms with Gasteiger partial charge in [-0.3, -0.25) is 4.79 Å². The average molecular weight is 291 g/mol. The smallest absolute Gasteiger partial charge is 0.221 e. The highest BCUT2D eigenvalue weighted by atomic mass is 16.5. The van der Waals surface area contributed by atoms with Crippen LogP contribution in [0.2, 0.25) is 0 Å². The molecule has 0 aliphatic heterocycles. The molecule has 6 heteroatoms. The van der Waals surface area contributed by atoms with Crippen molar-refractivity contribution in [2.45, 2.75) is 20.3 Å². The molecular formula is C15H21N3O3. The van der Waals surface area contributed by atoms with Crippen molar-refractivity contribution in [2.75, 3.05) is 36.5 Å². The van der Waals surface area contributed by atoms with Gasteiger partial charge < -0.3 is 20.1 Å². The third-order valence-corrected chi connectivity index (χ3v) is 2.78. The van der Waals surface area contributed by atoms with E-state index < -0.39 is 0 Å². The Bertz CT molecular complexity index is 511. The molecule has 0 unspecified atom stereocenters. The Hall–Kier alpha value is -2.26. The third kappa shape index (κ3) is 5.32. The van der Waals surface area contributed by atoms with Crippen LogP contribution in [0, 0.1) is 11.3 Å². The zero-order valence-electron chi connectivity index (χ0n) is 12.4. The Kier molecular flexibility index (Phi) is 7.05. The maximum Gasteiger partial charge on any atom is 0.221 e. The molecule has 0 saturated heterocycles. The van der Waals surface area contributed by atoms with Crippen LogP contribution >= 0.6 is 0 Å². The van der Waals surface area contributed by atoms with E-state index >= 15 is 0 Å². The number of aliphatic hydroxyl groups excluding tert-OH is 1. The number of carbonyl (C=O) groups is 1. The monoisotopic (exact) mass is 291 g/mol. The van der Waals surface area contributed by atoms with Crippen molar-refractivity contribution in [2.24, 2.45) is 0 Å². The van der Waals surface area contributed by atoms with Crippen LogP contribution in [0.5, 0.6) is 5.75 Å². The van der Waals surface area contributed by atoms with E-state index in [0.717, 1.165) is 5.69 Å². The Morgan fingerprint density at radius 3 is 2.81 bits per heavy atom. The van der Waals surface area contributed by atoms with Crippen LogP contribution in [0.1, 0.15) is 20.3 Å². The number of anilines is 2. The summed E-state index contributed by atoms with van der Waals surface area (Å²) in [5, 5.41) is 20.7. The standard InChI is InChI=1S/C15H21N3O3/c1-3-21-15-6-5-13(17-12(2)20)11-14(15)18(9-10-19)8-4-7-16/h5-6,11,19H,3-4,8-10H2,1-2H3,(H,17,20). The number of nitriles is 1. The Morgan fingerprint density at radius 2 is 2.24 bits per heavy atom. The molecule has 1 amide bonds. The number of hydrogen-bond acceptors (Lipinski definition) is 5. The summed E-state index contributed by atoms with van der Waals surface area (Å²) in [6.45, 7) is 4.69. The fourth-order valence-electron chi connectivity index (χ4n) is 1.98. The first-order chi connectivity index (χ1) is 10.1. The number of nitrogens with one attached hydrogen (secondary N) is 1. The minimum absolute atomic E-state index is 0.0264. The van der Waals surface area contributed by atoms with Gasteiger partial charge in [-0.25, -0.2) is 0 Å². The van der Waals surface area contributed by atoms with Crippen molar-refractivity contribution in [1.29, 1.82) is 5.26 Å². The van der Waals surface area contributed by atoms with Crippen molar-refractivity contribution in [3.63, 3.8) is 0 Å². The second-order valence-corrected chi connectivity index (χ2v) is 4.42. The Balaban J connectivity index is 3.11. The van der Waals surface area contributed by atoms with Gasteiger partial charge in [0, 0.05) is 25.7 Å². The zero-order valence-corrected chi connectivity index (χ0v) is 12.4. The van der Waals surface area contributed by atoms with Gasteiger partial charge in [-0.1, -0.05) is 0 Å². The lowest BCUT2D eigenvalue weighted by Gasteiger charge is -2.25. The number of aliphatic hydroxyl groups is 1. The molecule has 21 heavy (non-hydrogen) atoms. The van der Waals surface area contributed by atoms with Crippen LogP contribution in [0.25, 0.3) is 0 Å². The van der Waals surface area contributed by atoms with Crippen LogP contribution in [-0.4, -0.2) is 37.3 Å². The molecule has 0 radical (unpaired) electrons. The van der Waals surface area contributed by atoms with Gasteiger partial charge in [-0.2, -0.15) is 5.26 Å². The molecule has 1 aromatic carbocycles. The molecule has 2 N–H and O–H groups in total. The van der Waals surface area contributed by atoms with E-state index in [1.807, 2.05) is 11.8 Å². The minimum atomic E-state index is -0.157. The van der Waals surface area contributed by atoms with Crippen LogP contribution in [0.3, 0.4) is 0 Å².